The lowest BCUT2D eigenvalue weighted by atomic mass is 10.0. The zero-order chi connectivity index (χ0) is 22.3. The molecule has 5 aromatic rings. The maximum absolute atomic E-state index is 11.6. The van der Waals surface area contributed by atoms with E-state index in [1.54, 1.807) is 25.4 Å². The Labute approximate surface area is 185 Å². The summed E-state index contributed by atoms with van der Waals surface area (Å²) < 4.78 is 25.7. The van der Waals surface area contributed by atoms with Gasteiger partial charge in [-0.15, -0.1) is 0 Å². The average Bonchev–Trinajstić information content (AvgIpc) is 2.78. The Morgan fingerprint density at radius 3 is 2.44 bits per heavy atom. The molecule has 32 heavy (non-hydrogen) atoms. The summed E-state index contributed by atoms with van der Waals surface area (Å²) in [5, 5.41) is 9.66. The second kappa shape index (κ2) is 7.65. The molecule has 0 aliphatic rings. The predicted molar refractivity (Wildman–Crippen MR) is 132 cm³/mol. The molecule has 0 spiro atoms. The van der Waals surface area contributed by atoms with Gasteiger partial charge in [0, 0.05) is 29.4 Å². The third kappa shape index (κ3) is 3.65. The molecule has 3 N–H and O–H groups in total. The monoisotopic (exact) mass is 443 g/mol. The molecule has 2 aromatic heterocycles. The molecular weight excluding hydrogens is 422 g/mol. The fraction of sp³-hybridized carbons (Fsp3) is 0.0833. The van der Waals surface area contributed by atoms with Gasteiger partial charge in [-0.05, 0) is 48.5 Å². The lowest BCUT2D eigenvalue weighted by Gasteiger charge is -2.17. The van der Waals surface area contributed by atoms with Crippen molar-refractivity contribution in [2.24, 2.45) is 0 Å². The van der Waals surface area contributed by atoms with Crippen molar-refractivity contribution < 1.29 is 8.42 Å². The largest absolute Gasteiger partial charge is 0.386 e. The molecule has 5 rings (SSSR count). The van der Waals surface area contributed by atoms with Crippen molar-refractivity contribution in [1.29, 1.82) is 0 Å². The predicted octanol–water partition coefficient (Wildman–Crippen LogP) is 5.09. The van der Waals surface area contributed by atoms with Gasteiger partial charge in [0.2, 0.25) is 10.0 Å². The van der Waals surface area contributed by atoms with Crippen LogP contribution >= 0.6 is 0 Å². The first kappa shape index (κ1) is 20.0. The van der Waals surface area contributed by atoms with Crippen LogP contribution in [0.5, 0.6) is 0 Å². The highest BCUT2D eigenvalue weighted by Gasteiger charge is 2.14. The molecule has 3 aromatic carbocycles. The number of sulfonamides is 1. The van der Waals surface area contributed by atoms with Gasteiger partial charge in [0.25, 0.3) is 0 Å². The molecule has 0 aliphatic heterocycles. The highest BCUT2D eigenvalue weighted by molar-refractivity contribution is 7.92. The van der Waals surface area contributed by atoms with Crippen molar-refractivity contribution >= 4 is 65.5 Å². The first-order valence-electron chi connectivity index (χ1n) is 10.1. The molecule has 7 nitrogen and oxygen atoms in total. The van der Waals surface area contributed by atoms with Crippen molar-refractivity contribution in [3.63, 3.8) is 0 Å². The minimum atomic E-state index is -3.36. The Morgan fingerprint density at radius 2 is 1.62 bits per heavy atom. The fourth-order valence-corrected chi connectivity index (χ4v) is 4.47. The van der Waals surface area contributed by atoms with Gasteiger partial charge in [-0.25, -0.2) is 13.4 Å². The van der Waals surface area contributed by atoms with Crippen molar-refractivity contribution in [3.8, 4) is 0 Å². The molecule has 0 aliphatic carbocycles. The first-order chi connectivity index (χ1) is 15.4. The molecule has 0 atom stereocenters. The van der Waals surface area contributed by atoms with Crippen LogP contribution in [-0.4, -0.2) is 31.7 Å². The number of rotatable bonds is 5. The third-order valence-electron chi connectivity index (χ3n) is 5.28. The Kier molecular flexibility index (Phi) is 4.79. The number of para-hydroxylation sites is 1. The van der Waals surface area contributed by atoms with Gasteiger partial charge in [0.15, 0.2) is 0 Å². The van der Waals surface area contributed by atoms with E-state index in [1.165, 1.54) is 0 Å². The van der Waals surface area contributed by atoms with E-state index in [2.05, 4.69) is 20.3 Å². The van der Waals surface area contributed by atoms with Crippen molar-refractivity contribution in [2.75, 3.05) is 28.7 Å². The molecule has 2 heterocycles. The average molecular weight is 444 g/mol. The number of nitrogens with zero attached hydrogens (tertiary/aromatic N) is 2. The molecule has 160 valence electrons. The van der Waals surface area contributed by atoms with E-state index in [0.717, 1.165) is 56.0 Å². The molecule has 0 saturated carbocycles. The molecule has 0 unspecified atom stereocenters. The van der Waals surface area contributed by atoms with Gasteiger partial charge in [-0.2, -0.15) is 0 Å². The lowest BCUT2D eigenvalue weighted by molar-refractivity contribution is 0.607. The minimum absolute atomic E-state index is 0.490. The van der Waals surface area contributed by atoms with Crippen LogP contribution < -0.4 is 15.4 Å². The quantitative estimate of drug-likeness (QED) is 0.259. The lowest BCUT2D eigenvalue weighted by Crippen LogP contribution is -2.10. The molecule has 0 amide bonds. The third-order valence-corrected chi connectivity index (χ3v) is 5.89. The maximum Gasteiger partial charge on any atom is 0.229 e. The number of hydrogen-bond acceptors (Lipinski definition) is 6. The van der Waals surface area contributed by atoms with Crippen LogP contribution in [0.2, 0.25) is 0 Å². The van der Waals surface area contributed by atoms with E-state index in [4.69, 9.17) is 4.98 Å². The van der Waals surface area contributed by atoms with Crippen LogP contribution in [-0.2, 0) is 10.0 Å². The highest BCUT2D eigenvalue weighted by Crippen LogP contribution is 2.38. The van der Waals surface area contributed by atoms with E-state index < -0.39 is 10.0 Å². The normalized spacial score (nSPS) is 11.7. The second-order valence-corrected chi connectivity index (χ2v) is 9.29. The Balaban J connectivity index is 1.72. The zero-order valence-corrected chi connectivity index (χ0v) is 18.4. The summed E-state index contributed by atoms with van der Waals surface area (Å²) in [6.07, 6.45) is 2.91. The number of hydrogen-bond donors (Lipinski definition) is 3. The van der Waals surface area contributed by atoms with Crippen LogP contribution in [0.1, 0.15) is 0 Å². The van der Waals surface area contributed by atoms with Gasteiger partial charge in [-0.1, -0.05) is 18.2 Å². The van der Waals surface area contributed by atoms with E-state index in [1.807, 2.05) is 54.6 Å². The van der Waals surface area contributed by atoms with Crippen molar-refractivity contribution in [3.05, 3.63) is 72.9 Å². The second-order valence-electron chi connectivity index (χ2n) is 7.55. The maximum atomic E-state index is 11.6. The summed E-state index contributed by atoms with van der Waals surface area (Å²) in [7, 11) is -1.57. The standard InChI is InChI=1S/C24H21N5O2S/c1-25-22-14-15(29-32(2,30)31)9-11-21(22)28-24-17-6-3-4-8-20(17)27-23-16-7-5-13-26-19(16)12-10-18(23)24/h3-14,25,29H,1-2H3,(H,27,28). The first-order valence-corrected chi connectivity index (χ1v) is 11.9. The molecule has 0 saturated heterocycles. The summed E-state index contributed by atoms with van der Waals surface area (Å²) in [5.41, 5.74) is 5.63. The van der Waals surface area contributed by atoms with Crippen LogP contribution in [0.25, 0.3) is 32.7 Å². The van der Waals surface area contributed by atoms with Crippen LogP contribution in [0.3, 0.4) is 0 Å². The zero-order valence-electron chi connectivity index (χ0n) is 17.5. The van der Waals surface area contributed by atoms with E-state index in [-0.39, 0.29) is 0 Å². The number of aromatic nitrogens is 2. The number of fused-ring (bicyclic) bond motifs is 4. The van der Waals surface area contributed by atoms with Gasteiger partial charge in [0.1, 0.15) is 0 Å². The van der Waals surface area contributed by atoms with Gasteiger partial charge >= 0.3 is 0 Å². The number of pyridine rings is 2. The molecule has 0 bridgehead atoms. The summed E-state index contributed by atoms with van der Waals surface area (Å²) in [5.74, 6) is 0. The smallest absolute Gasteiger partial charge is 0.229 e. The van der Waals surface area contributed by atoms with E-state index in [0.29, 0.717) is 5.69 Å². The summed E-state index contributed by atoms with van der Waals surface area (Å²) >= 11 is 0. The number of benzene rings is 3. The van der Waals surface area contributed by atoms with Crippen LogP contribution in [0, 0.1) is 0 Å². The fourth-order valence-electron chi connectivity index (χ4n) is 3.91. The Hall–Kier alpha value is -3.91. The van der Waals surface area contributed by atoms with Crippen molar-refractivity contribution in [2.45, 2.75) is 0 Å². The van der Waals surface area contributed by atoms with E-state index in [9.17, 15) is 8.42 Å². The van der Waals surface area contributed by atoms with Crippen molar-refractivity contribution in [1.82, 2.24) is 9.97 Å². The van der Waals surface area contributed by atoms with Gasteiger partial charge in [0.05, 0.1) is 45.6 Å². The van der Waals surface area contributed by atoms with Gasteiger partial charge < -0.3 is 10.6 Å². The minimum Gasteiger partial charge on any atom is -0.386 e. The Bertz CT molecular complexity index is 1600. The van der Waals surface area contributed by atoms with E-state index >= 15 is 0 Å². The van der Waals surface area contributed by atoms with Crippen LogP contribution in [0.15, 0.2) is 72.9 Å². The SMILES string of the molecule is CNc1cc(NS(C)(=O)=O)ccc1Nc1c2ccccc2nc2c1ccc1ncccc12. The summed E-state index contributed by atoms with van der Waals surface area (Å²) in [6, 6.07) is 21.3. The highest BCUT2D eigenvalue weighted by atomic mass is 32.2. The molecule has 0 fully saturated rings. The van der Waals surface area contributed by atoms with Gasteiger partial charge in [-0.3, -0.25) is 9.71 Å². The number of nitrogens with one attached hydrogen (secondary N) is 3. The Morgan fingerprint density at radius 1 is 0.812 bits per heavy atom. The molecule has 0 radical (unpaired) electrons. The van der Waals surface area contributed by atoms with Crippen LogP contribution in [0.4, 0.5) is 22.7 Å². The summed E-state index contributed by atoms with van der Waals surface area (Å²) in [4.78, 5) is 9.40. The topological polar surface area (TPSA) is 96.0 Å². The molecule has 8 heteroatoms. The summed E-state index contributed by atoms with van der Waals surface area (Å²) in [6.45, 7) is 0. The number of anilines is 4. The molecular formula is C24H21N5O2S.